The van der Waals surface area contributed by atoms with Crippen molar-refractivity contribution in [3.63, 3.8) is 0 Å². The number of esters is 1. The summed E-state index contributed by atoms with van der Waals surface area (Å²) in [7, 11) is 0. The van der Waals surface area contributed by atoms with E-state index in [9.17, 15) is 14.4 Å². The van der Waals surface area contributed by atoms with Gasteiger partial charge in [-0.25, -0.2) is 4.79 Å². The molecule has 2 amide bonds. The van der Waals surface area contributed by atoms with Gasteiger partial charge in [-0.05, 0) is 54.0 Å². The SMILES string of the molecule is Cc1[nH]c(C(=O)NCC(=O)NC(C)(C)C)c(C)c1C(=O)OC(C)C. The molecule has 1 rings (SSSR count). The normalized spacial score (nSPS) is 11.3. The van der Waals surface area contributed by atoms with Gasteiger partial charge in [0.2, 0.25) is 5.91 Å². The average Bonchev–Trinajstić information content (AvgIpc) is 2.68. The maximum absolute atomic E-state index is 12.3. The van der Waals surface area contributed by atoms with Crippen LogP contribution in [0.25, 0.3) is 0 Å². The van der Waals surface area contributed by atoms with Crippen LogP contribution >= 0.6 is 0 Å². The average molecular weight is 337 g/mol. The molecular weight excluding hydrogens is 310 g/mol. The second-order valence-corrected chi connectivity index (χ2v) is 7.06. The molecule has 7 nitrogen and oxygen atoms in total. The molecule has 0 aliphatic carbocycles. The molecule has 7 heteroatoms. The number of H-pyrrole nitrogens is 1. The molecule has 1 aromatic heterocycles. The van der Waals surface area contributed by atoms with E-state index in [4.69, 9.17) is 4.74 Å². The summed E-state index contributed by atoms with van der Waals surface area (Å²) in [6, 6.07) is 0. The first-order valence-corrected chi connectivity index (χ1v) is 7.91. The number of amides is 2. The van der Waals surface area contributed by atoms with Gasteiger partial charge in [0, 0.05) is 11.2 Å². The van der Waals surface area contributed by atoms with Crippen LogP contribution in [0, 0.1) is 13.8 Å². The monoisotopic (exact) mass is 337 g/mol. The third kappa shape index (κ3) is 5.40. The Morgan fingerprint density at radius 1 is 1.17 bits per heavy atom. The van der Waals surface area contributed by atoms with Crippen molar-refractivity contribution in [3.8, 4) is 0 Å². The molecule has 0 atom stereocenters. The van der Waals surface area contributed by atoms with Crippen molar-refractivity contribution in [1.29, 1.82) is 0 Å². The molecular formula is C17H27N3O4. The van der Waals surface area contributed by atoms with E-state index in [1.807, 2.05) is 20.8 Å². The smallest absolute Gasteiger partial charge is 0.340 e. The van der Waals surface area contributed by atoms with E-state index in [0.717, 1.165) is 0 Å². The molecule has 1 aromatic rings. The summed E-state index contributed by atoms with van der Waals surface area (Å²) in [6.45, 7) is 12.3. The number of aryl methyl sites for hydroxylation is 1. The van der Waals surface area contributed by atoms with Crippen LogP contribution < -0.4 is 10.6 Å². The summed E-state index contributed by atoms with van der Waals surface area (Å²) in [5.74, 6) is -1.19. The topological polar surface area (TPSA) is 100 Å². The molecule has 0 bridgehead atoms. The van der Waals surface area contributed by atoms with Crippen LogP contribution in [-0.2, 0) is 9.53 Å². The van der Waals surface area contributed by atoms with Crippen molar-refractivity contribution in [3.05, 3.63) is 22.5 Å². The molecule has 0 radical (unpaired) electrons. The Bertz CT molecular complexity index is 639. The third-order valence-electron chi connectivity index (χ3n) is 3.14. The van der Waals surface area contributed by atoms with Gasteiger partial charge in [-0.2, -0.15) is 0 Å². The van der Waals surface area contributed by atoms with Gasteiger partial charge in [-0.15, -0.1) is 0 Å². The van der Waals surface area contributed by atoms with E-state index in [1.54, 1.807) is 27.7 Å². The van der Waals surface area contributed by atoms with Gasteiger partial charge in [-0.3, -0.25) is 9.59 Å². The number of aromatic nitrogens is 1. The highest BCUT2D eigenvalue weighted by molar-refractivity contribution is 6.01. The lowest BCUT2D eigenvalue weighted by Gasteiger charge is -2.20. The highest BCUT2D eigenvalue weighted by Crippen LogP contribution is 2.19. The van der Waals surface area contributed by atoms with Gasteiger partial charge in [0.1, 0.15) is 5.69 Å². The minimum absolute atomic E-state index is 0.139. The molecule has 24 heavy (non-hydrogen) atoms. The van der Waals surface area contributed by atoms with Gasteiger partial charge in [0.25, 0.3) is 5.91 Å². The first-order valence-electron chi connectivity index (χ1n) is 7.91. The quantitative estimate of drug-likeness (QED) is 0.714. The zero-order valence-corrected chi connectivity index (χ0v) is 15.4. The van der Waals surface area contributed by atoms with Gasteiger partial charge < -0.3 is 20.4 Å². The van der Waals surface area contributed by atoms with E-state index in [2.05, 4.69) is 15.6 Å². The predicted molar refractivity (Wildman–Crippen MR) is 91.0 cm³/mol. The van der Waals surface area contributed by atoms with Crippen molar-refractivity contribution in [1.82, 2.24) is 15.6 Å². The lowest BCUT2D eigenvalue weighted by Crippen LogP contribution is -2.45. The molecule has 0 saturated heterocycles. The van der Waals surface area contributed by atoms with Crippen LogP contribution in [0.4, 0.5) is 0 Å². The van der Waals surface area contributed by atoms with E-state index < -0.39 is 11.9 Å². The standard InChI is InChI=1S/C17H27N3O4/c1-9(2)24-16(23)13-10(3)14(19-11(13)4)15(22)18-8-12(21)20-17(5,6)7/h9,19H,8H2,1-7H3,(H,18,22)(H,20,21). The Balaban J connectivity index is 2.82. The predicted octanol–water partition coefficient (Wildman–Crippen LogP) is 1.84. The maximum atomic E-state index is 12.3. The molecule has 0 spiro atoms. The van der Waals surface area contributed by atoms with Crippen molar-refractivity contribution in [2.75, 3.05) is 6.54 Å². The lowest BCUT2D eigenvalue weighted by molar-refractivity contribution is -0.121. The second kappa shape index (κ2) is 7.51. The van der Waals surface area contributed by atoms with Crippen LogP contribution in [-0.4, -0.2) is 41.0 Å². The van der Waals surface area contributed by atoms with E-state index in [0.29, 0.717) is 16.8 Å². The second-order valence-electron chi connectivity index (χ2n) is 7.06. The van der Waals surface area contributed by atoms with Crippen LogP contribution in [0.15, 0.2) is 0 Å². The zero-order valence-electron chi connectivity index (χ0n) is 15.4. The first kappa shape index (κ1) is 19.7. The van der Waals surface area contributed by atoms with Crippen molar-refractivity contribution < 1.29 is 19.1 Å². The Hall–Kier alpha value is -2.31. The minimum Gasteiger partial charge on any atom is -0.459 e. The highest BCUT2D eigenvalue weighted by Gasteiger charge is 2.24. The molecule has 0 saturated carbocycles. The summed E-state index contributed by atoms with van der Waals surface area (Å²) in [5.41, 5.74) is 1.31. The van der Waals surface area contributed by atoms with Crippen LogP contribution in [0.1, 0.15) is 66.7 Å². The molecule has 0 aliphatic heterocycles. The third-order valence-corrected chi connectivity index (χ3v) is 3.14. The Morgan fingerprint density at radius 3 is 2.25 bits per heavy atom. The Labute approximate surface area is 142 Å². The van der Waals surface area contributed by atoms with Gasteiger partial charge in [0.15, 0.2) is 0 Å². The van der Waals surface area contributed by atoms with Gasteiger partial charge >= 0.3 is 5.97 Å². The van der Waals surface area contributed by atoms with E-state index in [-0.39, 0.29) is 29.8 Å². The lowest BCUT2D eigenvalue weighted by atomic mass is 10.1. The molecule has 134 valence electrons. The first-order chi connectivity index (χ1) is 10.9. The maximum Gasteiger partial charge on any atom is 0.340 e. The molecule has 1 heterocycles. The fourth-order valence-electron chi connectivity index (χ4n) is 2.27. The van der Waals surface area contributed by atoms with Crippen LogP contribution in [0.3, 0.4) is 0 Å². The highest BCUT2D eigenvalue weighted by atomic mass is 16.5. The number of hydrogen-bond donors (Lipinski definition) is 3. The zero-order chi connectivity index (χ0) is 18.7. The number of ether oxygens (including phenoxy) is 1. The molecule has 0 unspecified atom stereocenters. The Morgan fingerprint density at radius 2 is 1.75 bits per heavy atom. The number of carbonyl (C=O) groups is 3. The fourth-order valence-corrected chi connectivity index (χ4v) is 2.27. The fraction of sp³-hybridized carbons (Fsp3) is 0.588. The largest absolute Gasteiger partial charge is 0.459 e. The molecule has 0 aliphatic rings. The van der Waals surface area contributed by atoms with Gasteiger partial charge in [-0.1, -0.05) is 0 Å². The summed E-state index contributed by atoms with van der Waals surface area (Å²) in [4.78, 5) is 39.1. The van der Waals surface area contributed by atoms with Crippen molar-refractivity contribution in [2.45, 2.75) is 60.1 Å². The number of rotatable bonds is 5. The summed E-state index contributed by atoms with van der Waals surface area (Å²) in [5, 5.41) is 5.31. The number of nitrogens with one attached hydrogen (secondary N) is 3. The van der Waals surface area contributed by atoms with Crippen molar-refractivity contribution >= 4 is 17.8 Å². The number of aromatic amines is 1. The minimum atomic E-state index is -0.472. The van der Waals surface area contributed by atoms with E-state index in [1.165, 1.54) is 0 Å². The van der Waals surface area contributed by atoms with Crippen LogP contribution in [0.2, 0.25) is 0 Å². The number of carbonyl (C=O) groups excluding carboxylic acids is 3. The van der Waals surface area contributed by atoms with E-state index >= 15 is 0 Å². The molecule has 0 aromatic carbocycles. The van der Waals surface area contributed by atoms with Crippen LogP contribution in [0.5, 0.6) is 0 Å². The number of hydrogen-bond acceptors (Lipinski definition) is 4. The van der Waals surface area contributed by atoms with Crippen molar-refractivity contribution in [2.24, 2.45) is 0 Å². The summed E-state index contributed by atoms with van der Waals surface area (Å²) in [6.07, 6.45) is -0.246. The molecule has 3 N–H and O–H groups in total. The molecule has 0 fully saturated rings. The Kier molecular flexibility index (Phi) is 6.17. The summed E-state index contributed by atoms with van der Waals surface area (Å²) < 4.78 is 5.19. The van der Waals surface area contributed by atoms with Gasteiger partial charge in [0.05, 0.1) is 18.2 Å². The summed E-state index contributed by atoms with van der Waals surface area (Å²) >= 11 is 0.